The monoisotopic (exact) mass is 421 g/mol. The maximum absolute atomic E-state index is 13.3. The Bertz CT molecular complexity index is 1050. The largest absolute Gasteiger partial charge is 0.493 e. The molecule has 4 rings (SSSR count). The van der Waals surface area contributed by atoms with Crippen molar-refractivity contribution in [2.75, 3.05) is 34.4 Å². The molecule has 1 atom stereocenters. The predicted molar refractivity (Wildman–Crippen MR) is 117 cm³/mol. The average molecular weight is 421 g/mol. The SMILES string of the molecule is COc1ccc(CCN2CC3=C(C2=O)[C@H](c2ccc(C)cc2)NC(=O)N3C)cc1OC. The van der Waals surface area contributed by atoms with Crippen LogP contribution >= 0.6 is 0 Å². The van der Waals surface area contributed by atoms with Gasteiger partial charge in [-0.05, 0) is 36.6 Å². The van der Waals surface area contributed by atoms with Crippen molar-refractivity contribution in [3.63, 3.8) is 0 Å². The minimum absolute atomic E-state index is 0.0344. The van der Waals surface area contributed by atoms with Gasteiger partial charge in [0, 0.05) is 13.6 Å². The van der Waals surface area contributed by atoms with Crippen molar-refractivity contribution in [3.05, 3.63) is 70.4 Å². The zero-order valence-electron chi connectivity index (χ0n) is 18.3. The number of hydrogen-bond acceptors (Lipinski definition) is 4. The van der Waals surface area contributed by atoms with E-state index in [0.29, 0.717) is 36.6 Å². The molecule has 0 spiro atoms. The van der Waals surface area contributed by atoms with Crippen LogP contribution in [0.25, 0.3) is 0 Å². The number of aryl methyl sites for hydroxylation is 1. The Kier molecular flexibility index (Phi) is 5.59. The molecule has 2 aromatic carbocycles. The van der Waals surface area contributed by atoms with Gasteiger partial charge < -0.3 is 19.7 Å². The number of likely N-dealkylation sites (N-methyl/N-ethyl adjacent to an activating group) is 1. The van der Waals surface area contributed by atoms with Gasteiger partial charge in [0.25, 0.3) is 5.91 Å². The third-order valence-corrected chi connectivity index (χ3v) is 5.96. The molecule has 0 saturated heterocycles. The zero-order valence-corrected chi connectivity index (χ0v) is 18.3. The summed E-state index contributed by atoms with van der Waals surface area (Å²) in [7, 11) is 4.92. The molecule has 1 N–H and O–H groups in total. The van der Waals surface area contributed by atoms with Crippen molar-refractivity contribution in [1.82, 2.24) is 15.1 Å². The highest BCUT2D eigenvalue weighted by atomic mass is 16.5. The molecular formula is C24H27N3O4. The molecule has 7 nitrogen and oxygen atoms in total. The van der Waals surface area contributed by atoms with E-state index in [2.05, 4.69) is 5.32 Å². The van der Waals surface area contributed by atoms with Gasteiger partial charge in [-0.2, -0.15) is 0 Å². The van der Waals surface area contributed by atoms with Crippen LogP contribution in [0.2, 0.25) is 0 Å². The van der Waals surface area contributed by atoms with Crippen LogP contribution in [-0.2, 0) is 11.2 Å². The van der Waals surface area contributed by atoms with Crippen LogP contribution < -0.4 is 14.8 Å². The Hall–Kier alpha value is -3.48. The topological polar surface area (TPSA) is 71.1 Å². The van der Waals surface area contributed by atoms with Gasteiger partial charge in [0.2, 0.25) is 0 Å². The summed E-state index contributed by atoms with van der Waals surface area (Å²) >= 11 is 0. The van der Waals surface area contributed by atoms with Crippen LogP contribution in [0, 0.1) is 6.92 Å². The van der Waals surface area contributed by atoms with E-state index in [0.717, 1.165) is 22.4 Å². The second-order valence-electron chi connectivity index (χ2n) is 7.88. The normalized spacial score (nSPS) is 18.3. The summed E-state index contributed by atoms with van der Waals surface area (Å²) in [5.74, 6) is 1.31. The minimum atomic E-state index is -0.433. The number of hydrogen-bond donors (Lipinski definition) is 1. The molecule has 0 aliphatic carbocycles. The first-order valence-electron chi connectivity index (χ1n) is 10.3. The van der Waals surface area contributed by atoms with Gasteiger partial charge in [0.05, 0.1) is 38.1 Å². The van der Waals surface area contributed by atoms with Gasteiger partial charge in [0.1, 0.15) is 0 Å². The molecule has 0 fully saturated rings. The lowest BCUT2D eigenvalue weighted by Crippen LogP contribution is -2.45. The number of carbonyl (C=O) groups is 2. The second kappa shape index (κ2) is 8.34. The van der Waals surface area contributed by atoms with E-state index in [1.807, 2.05) is 49.4 Å². The summed E-state index contributed by atoms with van der Waals surface area (Å²) in [6.07, 6.45) is 0.674. The van der Waals surface area contributed by atoms with Gasteiger partial charge in [0.15, 0.2) is 11.5 Å². The highest BCUT2D eigenvalue weighted by molar-refractivity contribution is 6.01. The Morgan fingerprint density at radius 2 is 1.74 bits per heavy atom. The van der Waals surface area contributed by atoms with Crippen molar-refractivity contribution in [3.8, 4) is 11.5 Å². The first-order chi connectivity index (χ1) is 14.9. The number of amides is 3. The number of benzene rings is 2. The smallest absolute Gasteiger partial charge is 0.322 e. The van der Waals surface area contributed by atoms with Crippen molar-refractivity contribution in [1.29, 1.82) is 0 Å². The lowest BCUT2D eigenvalue weighted by Gasteiger charge is -2.31. The number of nitrogens with one attached hydrogen (secondary N) is 1. The molecule has 0 bridgehead atoms. The summed E-state index contributed by atoms with van der Waals surface area (Å²) in [6.45, 7) is 2.98. The van der Waals surface area contributed by atoms with Crippen LogP contribution in [-0.4, -0.2) is 56.1 Å². The highest BCUT2D eigenvalue weighted by Gasteiger charge is 2.42. The maximum atomic E-state index is 13.3. The Morgan fingerprint density at radius 1 is 1.03 bits per heavy atom. The van der Waals surface area contributed by atoms with Crippen LogP contribution in [0.1, 0.15) is 22.7 Å². The molecule has 7 heteroatoms. The van der Waals surface area contributed by atoms with Crippen LogP contribution in [0.15, 0.2) is 53.7 Å². The first kappa shape index (κ1) is 20.8. The van der Waals surface area contributed by atoms with E-state index in [4.69, 9.17) is 9.47 Å². The maximum Gasteiger partial charge on any atom is 0.322 e. The molecule has 2 aromatic rings. The number of rotatable bonds is 6. The van der Waals surface area contributed by atoms with E-state index >= 15 is 0 Å². The summed E-state index contributed by atoms with van der Waals surface area (Å²) in [5, 5.41) is 2.98. The zero-order chi connectivity index (χ0) is 22.1. The quantitative estimate of drug-likeness (QED) is 0.778. The number of ether oxygens (including phenoxy) is 2. The van der Waals surface area contributed by atoms with E-state index in [-0.39, 0.29) is 11.9 Å². The molecule has 2 aliphatic rings. The fourth-order valence-electron chi connectivity index (χ4n) is 4.11. The molecule has 3 amide bonds. The van der Waals surface area contributed by atoms with Crippen LogP contribution in [0.5, 0.6) is 11.5 Å². The molecule has 0 radical (unpaired) electrons. The van der Waals surface area contributed by atoms with E-state index < -0.39 is 6.04 Å². The van der Waals surface area contributed by atoms with E-state index in [1.54, 1.807) is 31.1 Å². The minimum Gasteiger partial charge on any atom is -0.493 e. The van der Waals surface area contributed by atoms with Gasteiger partial charge in [-0.1, -0.05) is 35.9 Å². The number of carbonyl (C=O) groups excluding carboxylic acids is 2. The second-order valence-corrected chi connectivity index (χ2v) is 7.88. The van der Waals surface area contributed by atoms with Crippen LogP contribution in [0.3, 0.4) is 0 Å². The Labute approximate surface area is 182 Å². The number of urea groups is 1. The fraction of sp³-hybridized carbons (Fsp3) is 0.333. The molecule has 2 heterocycles. The average Bonchev–Trinajstić information content (AvgIpc) is 3.11. The summed E-state index contributed by atoms with van der Waals surface area (Å²) < 4.78 is 10.7. The van der Waals surface area contributed by atoms with Gasteiger partial charge in [-0.15, -0.1) is 0 Å². The van der Waals surface area contributed by atoms with Crippen LogP contribution in [0.4, 0.5) is 4.79 Å². The standard InChI is InChI=1S/C24H27N3O4/c1-15-5-8-17(9-6-15)22-21-18(26(2)24(29)25-22)14-27(23(21)28)12-11-16-7-10-19(30-3)20(13-16)31-4/h5-10,13,22H,11-12,14H2,1-4H3,(H,25,29)/t22-/m0/s1. The Balaban J connectivity index is 1.54. The molecule has 0 unspecified atom stereocenters. The number of methoxy groups -OCH3 is 2. The van der Waals surface area contributed by atoms with Crippen molar-refractivity contribution in [2.24, 2.45) is 0 Å². The fourth-order valence-corrected chi connectivity index (χ4v) is 4.11. The number of nitrogens with zero attached hydrogens (tertiary/aromatic N) is 2. The van der Waals surface area contributed by atoms with Crippen molar-refractivity contribution < 1.29 is 19.1 Å². The third-order valence-electron chi connectivity index (χ3n) is 5.96. The molecular weight excluding hydrogens is 394 g/mol. The van der Waals surface area contributed by atoms with E-state index in [1.165, 1.54) is 0 Å². The molecule has 0 saturated carbocycles. The van der Waals surface area contributed by atoms with Gasteiger partial charge in [-0.3, -0.25) is 9.69 Å². The van der Waals surface area contributed by atoms with Gasteiger partial charge >= 0.3 is 6.03 Å². The predicted octanol–water partition coefficient (Wildman–Crippen LogP) is 3.05. The molecule has 31 heavy (non-hydrogen) atoms. The molecule has 2 aliphatic heterocycles. The lowest BCUT2D eigenvalue weighted by atomic mass is 9.95. The molecule has 162 valence electrons. The van der Waals surface area contributed by atoms with E-state index in [9.17, 15) is 9.59 Å². The Morgan fingerprint density at radius 3 is 2.42 bits per heavy atom. The third kappa shape index (κ3) is 3.83. The summed E-state index contributed by atoms with van der Waals surface area (Å²) in [4.78, 5) is 29.2. The first-order valence-corrected chi connectivity index (χ1v) is 10.3. The summed E-state index contributed by atoms with van der Waals surface area (Å²) in [6, 6.07) is 13.1. The summed E-state index contributed by atoms with van der Waals surface area (Å²) in [5.41, 5.74) is 4.51. The van der Waals surface area contributed by atoms with Crippen molar-refractivity contribution in [2.45, 2.75) is 19.4 Å². The highest BCUT2D eigenvalue weighted by Crippen LogP contribution is 2.36. The van der Waals surface area contributed by atoms with Crippen molar-refractivity contribution >= 4 is 11.9 Å². The van der Waals surface area contributed by atoms with Gasteiger partial charge in [-0.25, -0.2) is 4.79 Å². The molecule has 0 aromatic heterocycles. The lowest BCUT2D eigenvalue weighted by molar-refractivity contribution is -0.125.